The van der Waals surface area contributed by atoms with E-state index < -0.39 is 0 Å². The van der Waals surface area contributed by atoms with Gasteiger partial charge in [0.05, 0.1) is 6.61 Å². The van der Waals surface area contributed by atoms with Crippen molar-refractivity contribution in [3.63, 3.8) is 0 Å². The van der Waals surface area contributed by atoms with Crippen molar-refractivity contribution in [2.75, 3.05) is 19.7 Å². The van der Waals surface area contributed by atoms with Crippen LogP contribution in [-0.4, -0.2) is 19.7 Å². The minimum atomic E-state index is 0.843. The van der Waals surface area contributed by atoms with Gasteiger partial charge in [-0.2, -0.15) is 0 Å². The topological polar surface area (TPSA) is 21.3 Å². The monoisotopic (exact) mass is 187 g/mol. The normalized spacial score (nSPS) is 19.0. The van der Waals surface area contributed by atoms with Gasteiger partial charge in [0, 0.05) is 19.5 Å². The molecule has 2 aliphatic rings. The number of fused-ring (bicyclic) bond motifs is 1. The highest BCUT2D eigenvalue weighted by Gasteiger charge is 2.14. The van der Waals surface area contributed by atoms with Crippen molar-refractivity contribution in [2.45, 2.75) is 6.42 Å². The molecule has 0 aliphatic carbocycles. The zero-order chi connectivity index (χ0) is 9.38. The van der Waals surface area contributed by atoms with Gasteiger partial charge in [-0.15, -0.1) is 0 Å². The Labute approximate surface area is 83.6 Å². The van der Waals surface area contributed by atoms with Crippen LogP contribution in [0.1, 0.15) is 11.1 Å². The Kier molecular flexibility index (Phi) is 1.81. The molecule has 2 aliphatic heterocycles. The molecule has 0 amide bonds. The minimum absolute atomic E-state index is 0.843. The summed E-state index contributed by atoms with van der Waals surface area (Å²) in [5.41, 5.74) is 4.12. The summed E-state index contributed by atoms with van der Waals surface area (Å²) >= 11 is 0. The fourth-order valence-electron chi connectivity index (χ4n) is 2.08. The standard InChI is InChI=1S/C12H13NO/c1-2-12-10(4-6-14-12)7-9(1)11-3-5-13-8-11/h1-3,7,13H,4-6,8H2. The summed E-state index contributed by atoms with van der Waals surface area (Å²) in [5.74, 6) is 1.07. The fourth-order valence-corrected chi connectivity index (χ4v) is 2.08. The molecule has 0 unspecified atom stereocenters. The van der Waals surface area contributed by atoms with Gasteiger partial charge in [0.1, 0.15) is 5.75 Å². The van der Waals surface area contributed by atoms with Crippen molar-refractivity contribution in [3.05, 3.63) is 35.4 Å². The van der Waals surface area contributed by atoms with Crippen LogP contribution in [0.15, 0.2) is 24.3 Å². The minimum Gasteiger partial charge on any atom is -0.493 e. The molecule has 14 heavy (non-hydrogen) atoms. The largest absolute Gasteiger partial charge is 0.493 e. The summed E-state index contributed by atoms with van der Waals surface area (Å²) in [6.07, 6.45) is 3.32. The smallest absolute Gasteiger partial charge is 0.122 e. The van der Waals surface area contributed by atoms with E-state index in [0.717, 1.165) is 31.9 Å². The lowest BCUT2D eigenvalue weighted by molar-refractivity contribution is 0.357. The molecule has 0 radical (unpaired) electrons. The molecule has 1 aromatic carbocycles. The van der Waals surface area contributed by atoms with E-state index in [0.29, 0.717) is 0 Å². The maximum absolute atomic E-state index is 5.48. The van der Waals surface area contributed by atoms with E-state index in [1.54, 1.807) is 0 Å². The van der Waals surface area contributed by atoms with E-state index in [9.17, 15) is 0 Å². The number of hydrogen-bond acceptors (Lipinski definition) is 2. The summed E-state index contributed by atoms with van der Waals surface area (Å²) in [4.78, 5) is 0. The molecule has 0 atom stereocenters. The first-order valence-electron chi connectivity index (χ1n) is 5.09. The van der Waals surface area contributed by atoms with Crippen LogP contribution >= 0.6 is 0 Å². The van der Waals surface area contributed by atoms with Crippen LogP contribution in [0.2, 0.25) is 0 Å². The second-order valence-corrected chi connectivity index (χ2v) is 3.78. The highest BCUT2D eigenvalue weighted by atomic mass is 16.5. The SMILES string of the molecule is C1=C(c2ccc3c(c2)CCO3)CNC1. The molecule has 2 nitrogen and oxygen atoms in total. The highest BCUT2D eigenvalue weighted by molar-refractivity contribution is 5.70. The van der Waals surface area contributed by atoms with Gasteiger partial charge in [-0.25, -0.2) is 0 Å². The van der Waals surface area contributed by atoms with Gasteiger partial charge < -0.3 is 10.1 Å². The summed E-state index contributed by atoms with van der Waals surface area (Å²) < 4.78 is 5.48. The van der Waals surface area contributed by atoms with E-state index in [-0.39, 0.29) is 0 Å². The molecule has 2 heterocycles. The summed E-state index contributed by atoms with van der Waals surface area (Å²) in [6.45, 7) is 2.85. The zero-order valence-corrected chi connectivity index (χ0v) is 8.05. The molecular formula is C12H13NO. The molecule has 0 aromatic heterocycles. The second-order valence-electron chi connectivity index (χ2n) is 3.78. The molecule has 0 fully saturated rings. The molecule has 72 valence electrons. The van der Waals surface area contributed by atoms with Gasteiger partial charge in [-0.3, -0.25) is 0 Å². The first-order chi connectivity index (χ1) is 6.93. The van der Waals surface area contributed by atoms with Gasteiger partial charge in [-0.1, -0.05) is 12.1 Å². The predicted molar refractivity (Wildman–Crippen MR) is 56.5 cm³/mol. The summed E-state index contributed by atoms with van der Waals surface area (Å²) in [5, 5.41) is 3.31. The van der Waals surface area contributed by atoms with Crippen molar-refractivity contribution in [1.29, 1.82) is 0 Å². The van der Waals surface area contributed by atoms with E-state index in [1.807, 2.05) is 0 Å². The van der Waals surface area contributed by atoms with Crippen LogP contribution < -0.4 is 10.1 Å². The molecule has 1 N–H and O–H groups in total. The van der Waals surface area contributed by atoms with Gasteiger partial charge in [0.15, 0.2) is 0 Å². The van der Waals surface area contributed by atoms with Crippen molar-refractivity contribution in [3.8, 4) is 5.75 Å². The lowest BCUT2D eigenvalue weighted by Crippen LogP contribution is -2.07. The molecule has 0 spiro atoms. The lowest BCUT2D eigenvalue weighted by Gasteiger charge is -2.04. The average molecular weight is 187 g/mol. The number of benzene rings is 1. The van der Waals surface area contributed by atoms with Crippen LogP contribution in [-0.2, 0) is 6.42 Å². The molecule has 0 saturated carbocycles. The van der Waals surface area contributed by atoms with Crippen molar-refractivity contribution in [1.82, 2.24) is 5.32 Å². The molecule has 0 saturated heterocycles. The zero-order valence-electron chi connectivity index (χ0n) is 8.05. The van der Waals surface area contributed by atoms with E-state index in [4.69, 9.17) is 4.74 Å². The third kappa shape index (κ3) is 1.23. The van der Waals surface area contributed by atoms with Crippen LogP contribution in [0.5, 0.6) is 5.75 Å². The summed E-state index contributed by atoms with van der Waals surface area (Å²) in [6, 6.07) is 6.51. The molecule has 1 aromatic rings. The first kappa shape index (κ1) is 8.06. The summed E-state index contributed by atoms with van der Waals surface area (Å²) in [7, 11) is 0. The molecule has 2 heteroatoms. The van der Waals surface area contributed by atoms with Gasteiger partial charge >= 0.3 is 0 Å². The third-order valence-electron chi connectivity index (χ3n) is 2.87. The van der Waals surface area contributed by atoms with Crippen LogP contribution in [0.3, 0.4) is 0 Å². The van der Waals surface area contributed by atoms with E-state index in [1.165, 1.54) is 16.7 Å². The molecular weight excluding hydrogens is 174 g/mol. The fraction of sp³-hybridized carbons (Fsp3) is 0.333. The molecule has 3 rings (SSSR count). The van der Waals surface area contributed by atoms with Crippen LogP contribution in [0.4, 0.5) is 0 Å². The van der Waals surface area contributed by atoms with Crippen molar-refractivity contribution >= 4 is 5.57 Å². The number of hydrogen-bond donors (Lipinski definition) is 1. The van der Waals surface area contributed by atoms with Gasteiger partial charge in [0.2, 0.25) is 0 Å². The maximum Gasteiger partial charge on any atom is 0.122 e. The average Bonchev–Trinajstić information content (AvgIpc) is 2.88. The van der Waals surface area contributed by atoms with Crippen molar-refractivity contribution < 1.29 is 4.74 Å². The van der Waals surface area contributed by atoms with Crippen LogP contribution in [0.25, 0.3) is 5.57 Å². The Bertz CT molecular complexity index is 395. The second kappa shape index (κ2) is 3.14. The van der Waals surface area contributed by atoms with Crippen molar-refractivity contribution in [2.24, 2.45) is 0 Å². The maximum atomic E-state index is 5.48. The Morgan fingerprint density at radius 3 is 3.14 bits per heavy atom. The number of nitrogens with one attached hydrogen (secondary N) is 1. The Morgan fingerprint density at radius 1 is 1.29 bits per heavy atom. The predicted octanol–water partition coefficient (Wildman–Crippen LogP) is 1.61. The van der Waals surface area contributed by atoms with Gasteiger partial charge in [0.25, 0.3) is 0 Å². The number of rotatable bonds is 1. The number of ether oxygens (including phenoxy) is 1. The van der Waals surface area contributed by atoms with Crippen LogP contribution in [0, 0.1) is 0 Å². The Balaban J connectivity index is 2.00. The first-order valence-corrected chi connectivity index (χ1v) is 5.09. The lowest BCUT2D eigenvalue weighted by atomic mass is 10.0. The quantitative estimate of drug-likeness (QED) is 0.721. The molecule has 0 bridgehead atoms. The Hall–Kier alpha value is -1.28. The van der Waals surface area contributed by atoms with E-state index in [2.05, 4.69) is 29.6 Å². The third-order valence-corrected chi connectivity index (χ3v) is 2.87. The highest BCUT2D eigenvalue weighted by Crippen LogP contribution is 2.28. The Morgan fingerprint density at radius 2 is 2.29 bits per heavy atom. The van der Waals surface area contributed by atoms with E-state index >= 15 is 0 Å². The van der Waals surface area contributed by atoms with Gasteiger partial charge in [-0.05, 0) is 28.8 Å².